The van der Waals surface area contributed by atoms with E-state index >= 15 is 0 Å². The van der Waals surface area contributed by atoms with Gasteiger partial charge in [-0.05, 0) is 66.1 Å². The molecule has 3 heterocycles. The summed E-state index contributed by atoms with van der Waals surface area (Å²) in [5.74, 6) is 2.07. The second-order valence-electron chi connectivity index (χ2n) is 11.4. The molecule has 1 aliphatic carbocycles. The fraction of sp³-hybridized carbons (Fsp3) is 0.517. The minimum atomic E-state index is 0.109. The molecule has 0 spiro atoms. The van der Waals surface area contributed by atoms with Gasteiger partial charge in [0.25, 0.3) is 0 Å². The number of ether oxygens (including phenoxy) is 1. The van der Waals surface area contributed by atoms with Crippen molar-refractivity contribution in [2.75, 3.05) is 13.1 Å². The summed E-state index contributed by atoms with van der Waals surface area (Å²) in [6.07, 6.45) is 15.0. The molecule has 4 aliphatic rings. The van der Waals surface area contributed by atoms with Crippen LogP contribution in [0.4, 0.5) is 0 Å². The van der Waals surface area contributed by atoms with Crippen molar-refractivity contribution >= 4 is 0 Å². The number of hydrogen-bond acceptors (Lipinski definition) is 4. The first-order chi connectivity index (χ1) is 15.6. The van der Waals surface area contributed by atoms with Gasteiger partial charge in [0.05, 0.1) is 0 Å². The maximum Gasteiger partial charge on any atom is 0.137 e. The van der Waals surface area contributed by atoms with Crippen LogP contribution in [0.5, 0.6) is 0 Å². The van der Waals surface area contributed by atoms with Crippen molar-refractivity contribution < 1.29 is 4.74 Å². The summed E-state index contributed by atoms with van der Waals surface area (Å²) in [6, 6.07) is 4.51. The van der Waals surface area contributed by atoms with E-state index in [1.807, 2.05) is 32.1 Å². The maximum absolute atomic E-state index is 9.35. The summed E-state index contributed by atoms with van der Waals surface area (Å²) in [7, 11) is 0. The van der Waals surface area contributed by atoms with Gasteiger partial charge in [-0.3, -0.25) is 4.90 Å². The Balaban J connectivity index is 1.71. The lowest BCUT2D eigenvalue weighted by atomic mass is 9.59. The van der Waals surface area contributed by atoms with Gasteiger partial charge in [-0.15, -0.1) is 0 Å². The summed E-state index contributed by atoms with van der Waals surface area (Å²) in [6.45, 7) is 16.0. The normalized spacial score (nSPS) is 28.0. The van der Waals surface area contributed by atoms with Crippen LogP contribution < -0.4 is 0 Å². The van der Waals surface area contributed by atoms with Gasteiger partial charge in [0.15, 0.2) is 0 Å². The number of piperidine rings is 2. The van der Waals surface area contributed by atoms with E-state index < -0.39 is 0 Å². The van der Waals surface area contributed by atoms with Gasteiger partial charge in [-0.2, -0.15) is 10.5 Å². The Kier molecular flexibility index (Phi) is 6.02. The van der Waals surface area contributed by atoms with E-state index in [-0.39, 0.29) is 22.3 Å². The first-order valence-corrected chi connectivity index (χ1v) is 12.1. The average molecular weight is 442 g/mol. The van der Waals surface area contributed by atoms with E-state index in [0.717, 1.165) is 5.76 Å². The molecule has 4 rings (SSSR count). The Labute approximate surface area is 198 Å². The van der Waals surface area contributed by atoms with Gasteiger partial charge in [-0.25, -0.2) is 0 Å². The Morgan fingerprint density at radius 1 is 1.06 bits per heavy atom. The smallest absolute Gasteiger partial charge is 0.137 e. The third-order valence-corrected chi connectivity index (χ3v) is 7.85. The Morgan fingerprint density at radius 3 is 2.42 bits per heavy atom. The number of rotatable bonds is 3. The first kappa shape index (κ1) is 23.3. The minimum absolute atomic E-state index is 0.109. The summed E-state index contributed by atoms with van der Waals surface area (Å²) >= 11 is 0. The third-order valence-electron chi connectivity index (χ3n) is 7.85. The van der Waals surface area contributed by atoms with Crippen molar-refractivity contribution in [3.8, 4) is 12.1 Å². The summed E-state index contributed by atoms with van der Waals surface area (Å²) in [5.41, 5.74) is 3.93. The fourth-order valence-corrected chi connectivity index (χ4v) is 5.52. The van der Waals surface area contributed by atoms with Gasteiger partial charge in [-0.1, -0.05) is 59.8 Å². The van der Waals surface area contributed by atoms with Crippen LogP contribution in [0.25, 0.3) is 0 Å². The molecule has 0 saturated carbocycles. The lowest BCUT2D eigenvalue weighted by Crippen LogP contribution is -2.58. The van der Waals surface area contributed by atoms with Crippen LogP contribution in [0, 0.1) is 45.3 Å². The lowest BCUT2D eigenvalue weighted by molar-refractivity contribution is 0.00596. The molecule has 0 radical (unpaired) electrons. The molecule has 0 aromatic rings. The number of allylic oxidation sites excluding steroid dienone is 9. The maximum atomic E-state index is 9.35. The molecule has 0 aromatic carbocycles. The van der Waals surface area contributed by atoms with Crippen molar-refractivity contribution in [3.63, 3.8) is 0 Å². The fourth-order valence-electron chi connectivity index (χ4n) is 5.52. The Hall–Kier alpha value is -2.82. The van der Waals surface area contributed by atoms with E-state index in [2.05, 4.69) is 50.8 Å². The second-order valence-corrected chi connectivity index (χ2v) is 11.4. The largest absolute Gasteiger partial charge is 0.461 e. The van der Waals surface area contributed by atoms with E-state index in [1.54, 1.807) is 17.7 Å². The van der Waals surface area contributed by atoms with Crippen molar-refractivity contribution in [1.29, 1.82) is 10.5 Å². The van der Waals surface area contributed by atoms with Crippen LogP contribution in [0.2, 0.25) is 0 Å². The highest BCUT2D eigenvalue weighted by molar-refractivity contribution is 5.54. The summed E-state index contributed by atoms with van der Waals surface area (Å²) in [5, 5.41) is 18.7. The number of nitrogens with zero attached hydrogens (tertiary/aromatic N) is 3. The van der Waals surface area contributed by atoms with Gasteiger partial charge < -0.3 is 4.74 Å². The molecule has 0 bridgehead atoms. The van der Waals surface area contributed by atoms with Crippen LogP contribution >= 0.6 is 0 Å². The quantitative estimate of drug-likeness (QED) is 0.479. The predicted molar refractivity (Wildman–Crippen MR) is 131 cm³/mol. The van der Waals surface area contributed by atoms with Crippen LogP contribution in [-0.4, -0.2) is 24.0 Å². The predicted octanol–water partition coefficient (Wildman–Crippen LogP) is 6.35. The highest BCUT2D eigenvalue weighted by atomic mass is 16.5. The van der Waals surface area contributed by atoms with Crippen molar-refractivity contribution in [2.45, 2.75) is 60.4 Å². The van der Waals surface area contributed by atoms with Crippen LogP contribution in [0.3, 0.4) is 0 Å². The van der Waals surface area contributed by atoms with Crippen molar-refractivity contribution in [2.24, 2.45) is 22.7 Å². The average Bonchev–Trinajstić information content (AvgIpc) is 2.77. The summed E-state index contributed by atoms with van der Waals surface area (Å²) in [4.78, 5) is 2.69. The highest BCUT2D eigenvalue weighted by Gasteiger charge is 2.49. The Morgan fingerprint density at radius 2 is 1.76 bits per heavy atom. The van der Waals surface area contributed by atoms with E-state index in [0.29, 0.717) is 23.3 Å². The van der Waals surface area contributed by atoms with Gasteiger partial charge >= 0.3 is 0 Å². The van der Waals surface area contributed by atoms with E-state index in [1.165, 1.54) is 31.5 Å². The van der Waals surface area contributed by atoms with Crippen molar-refractivity contribution in [1.82, 2.24) is 4.90 Å². The number of hydrogen-bond donors (Lipinski definition) is 0. The molecule has 172 valence electrons. The van der Waals surface area contributed by atoms with Crippen LogP contribution in [-0.2, 0) is 4.74 Å². The molecule has 0 amide bonds. The molecular formula is C29H35N3O. The zero-order valence-electron chi connectivity index (χ0n) is 20.8. The zero-order valence-corrected chi connectivity index (χ0v) is 20.8. The molecule has 2 fully saturated rings. The molecule has 33 heavy (non-hydrogen) atoms. The monoisotopic (exact) mass is 441 g/mol. The van der Waals surface area contributed by atoms with E-state index in [4.69, 9.17) is 4.74 Å². The van der Waals surface area contributed by atoms with Crippen LogP contribution in [0.1, 0.15) is 54.4 Å². The van der Waals surface area contributed by atoms with Crippen LogP contribution in [0.15, 0.2) is 70.3 Å². The lowest BCUT2D eigenvalue weighted by Gasteiger charge is -2.57. The van der Waals surface area contributed by atoms with E-state index in [9.17, 15) is 10.5 Å². The molecule has 2 unspecified atom stereocenters. The number of nitriles is 2. The molecule has 2 atom stereocenters. The molecule has 0 N–H and O–H groups in total. The van der Waals surface area contributed by atoms with Gasteiger partial charge in [0.1, 0.15) is 29.2 Å². The molecular weight excluding hydrogens is 406 g/mol. The van der Waals surface area contributed by atoms with Crippen molar-refractivity contribution in [3.05, 3.63) is 70.3 Å². The van der Waals surface area contributed by atoms with Gasteiger partial charge in [0, 0.05) is 23.5 Å². The SMILES string of the molecule is CC(C)C1=CC(=C(C#N)C#N)C=C(/C=C/C2=CC3C4C(=C2)C(C)(C)CCN4CCC3(C)C)O1. The van der Waals surface area contributed by atoms with Gasteiger partial charge in [0.2, 0.25) is 0 Å². The minimum Gasteiger partial charge on any atom is -0.461 e. The summed E-state index contributed by atoms with van der Waals surface area (Å²) < 4.78 is 6.10. The molecule has 4 heteroatoms. The Bertz CT molecular complexity index is 1090. The zero-order chi connectivity index (χ0) is 24.0. The third kappa shape index (κ3) is 4.38. The molecule has 2 saturated heterocycles. The first-order valence-electron chi connectivity index (χ1n) is 12.1. The second kappa shape index (κ2) is 8.51. The molecule has 0 aromatic heterocycles. The molecule has 4 nitrogen and oxygen atoms in total. The highest BCUT2D eigenvalue weighted by Crippen LogP contribution is 2.52. The molecule has 3 aliphatic heterocycles. The topological polar surface area (TPSA) is 60.0 Å². The standard InChI is InChI=1S/C29H35N3O/c1-19(2)26-16-21(22(17-30)18-31)15-23(33-26)8-7-20-13-24-27-25(14-20)29(5,6)10-12-32(27)11-9-28(24,3)4/h7-8,13-16,19,24,27H,9-12H2,1-6H3/b8-7+.